The largest absolute Gasteiger partial charge is 0.496 e. The van der Waals surface area contributed by atoms with Crippen molar-refractivity contribution in [3.63, 3.8) is 0 Å². The first-order valence-corrected chi connectivity index (χ1v) is 7.73. The van der Waals surface area contributed by atoms with E-state index in [0.717, 1.165) is 22.1 Å². The van der Waals surface area contributed by atoms with Crippen LogP contribution in [-0.4, -0.2) is 17.1 Å². The Balaban J connectivity index is 2.20. The van der Waals surface area contributed by atoms with E-state index in [9.17, 15) is 0 Å². The van der Waals surface area contributed by atoms with Crippen LogP contribution in [0.3, 0.4) is 0 Å². The fraction of sp³-hybridized carbons (Fsp3) is 0.286. The van der Waals surface area contributed by atoms with Gasteiger partial charge in [0.15, 0.2) is 5.82 Å². The summed E-state index contributed by atoms with van der Waals surface area (Å²) < 4.78 is 6.30. The molecule has 1 aromatic heterocycles. The van der Waals surface area contributed by atoms with Crippen LogP contribution in [0.5, 0.6) is 5.75 Å². The van der Waals surface area contributed by atoms with Crippen LogP contribution in [-0.2, 0) is 0 Å². The van der Waals surface area contributed by atoms with E-state index >= 15 is 0 Å². The summed E-state index contributed by atoms with van der Waals surface area (Å²) in [6, 6.07) is 5.48. The summed E-state index contributed by atoms with van der Waals surface area (Å²) in [6.45, 7) is 0. The number of hydrogen-bond donors (Lipinski definition) is 1. The number of halogens is 2. The highest BCUT2D eigenvalue weighted by atomic mass is 127. The van der Waals surface area contributed by atoms with Gasteiger partial charge in [0.1, 0.15) is 11.6 Å². The number of nitrogen functional groups attached to an aromatic ring is 1. The Bertz CT molecular complexity index is 674. The smallest absolute Gasteiger partial charge is 0.167 e. The van der Waals surface area contributed by atoms with Gasteiger partial charge in [-0.1, -0.05) is 17.7 Å². The lowest BCUT2D eigenvalue weighted by atomic mass is 10.1. The number of nitrogens with two attached hydrogens (primary N) is 1. The number of nitrogens with zero attached hydrogens (tertiary/aromatic N) is 2. The summed E-state index contributed by atoms with van der Waals surface area (Å²) >= 11 is 8.49. The summed E-state index contributed by atoms with van der Waals surface area (Å²) in [4.78, 5) is 9.05. The Kier molecular flexibility index (Phi) is 3.72. The van der Waals surface area contributed by atoms with Crippen LogP contribution in [0.1, 0.15) is 24.5 Å². The zero-order valence-corrected chi connectivity index (χ0v) is 13.8. The van der Waals surface area contributed by atoms with Gasteiger partial charge in [-0.2, -0.15) is 0 Å². The van der Waals surface area contributed by atoms with Crippen molar-refractivity contribution in [2.75, 3.05) is 12.8 Å². The van der Waals surface area contributed by atoms with Gasteiger partial charge in [-0.05, 0) is 47.6 Å². The summed E-state index contributed by atoms with van der Waals surface area (Å²) in [7, 11) is 1.60. The first-order chi connectivity index (χ1) is 9.61. The van der Waals surface area contributed by atoms with Crippen LogP contribution in [0.15, 0.2) is 18.2 Å². The third-order valence-corrected chi connectivity index (χ3v) is 4.71. The molecule has 1 fully saturated rings. The van der Waals surface area contributed by atoms with E-state index in [0.29, 0.717) is 33.9 Å². The lowest BCUT2D eigenvalue weighted by molar-refractivity contribution is 0.416. The van der Waals surface area contributed by atoms with E-state index in [2.05, 4.69) is 32.6 Å². The SMILES string of the molecule is COc1cccc(Cl)c1-c1nc(N)c(I)c(C2CC2)n1. The Morgan fingerprint density at radius 3 is 2.75 bits per heavy atom. The number of benzene rings is 1. The number of hydrogen-bond acceptors (Lipinski definition) is 4. The average Bonchev–Trinajstić information content (AvgIpc) is 3.26. The average molecular weight is 402 g/mol. The van der Waals surface area contributed by atoms with Crippen molar-refractivity contribution in [2.24, 2.45) is 0 Å². The predicted octanol–water partition coefficient (Wildman–Crippen LogP) is 3.87. The molecule has 1 aliphatic rings. The summed E-state index contributed by atoms with van der Waals surface area (Å²) in [6.07, 6.45) is 2.32. The maximum atomic E-state index is 6.28. The molecule has 0 unspecified atom stereocenters. The van der Waals surface area contributed by atoms with Crippen LogP contribution in [0.2, 0.25) is 5.02 Å². The van der Waals surface area contributed by atoms with Gasteiger partial charge in [0.05, 0.1) is 27.0 Å². The van der Waals surface area contributed by atoms with E-state index in [1.54, 1.807) is 13.2 Å². The molecule has 0 atom stereocenters. The fourth-order valence-corrected chi connectivity index (χ4v) is 3.05. The van der Waals surface area contributed by atoms with Crippen LogP contribution in [0.4, 0.5) is 5.82 Å². The zero-order valence-electron chi connectivity index (χ0n) is 10.9. The van der Waals surface area contributed by atoms with Gasteiger partial charge in [0, 0.05) is 5.92 Å². The zero-order chi connectivity index (χ0) is 14.3. The highest BCUT2D eigenvalue weighted by Crippen LogP contribution is 2.43. The lowest BCUT2D eigenvalue weighted by Crippen LogP contribution is -2.05. The third kappa shape index (κ3) is 2.44. The molecule has 0 radical (unpaired) electrons. The van der Waals surface area contributed by atoms with Gasteiger partial charge in [-0.3, -0.25) is 0 Å². The standard InChI is InChI=1S/C14H13ClIN3O/c1-20-9-4-2-3-8(15)10(9)14-18-12(7-5-6-7)11(16)13(17)19-14/h2-4,7H,5-6H2,1H3,(H2,17,18,19). The van der Waals surface area contributed by atoms with Gasteiger partial charge in [-0.15, -0.1) is 0 Å². The number of aromatic nitrogens is 2. The highest BCUT2D eigenvalue weighted by molar-refractivity contribution is 14.1. The highest BCUT2D eigenvalue weighted by Gasteiger charge is 2.29. The molecule has 3 rings (SSSR count). The van der Waals surface area contributed by atoms with Gasteiger partial charge in [0.25, 0.3) is 0 Å². The molecule has 104 valence electrons. The second-order valence-corrected chi connectivity index (χ2v) is 6.21. The van der Waals surface area contributed by atoms with Crippen molar-refractivity contribution in [1.82, 2.24) is 9.97 Å². The topological polar surface area (TPSA) is 61.0 Å². The number of anilines is 1. The second kappa shape index (κ2) is 5.37. The molecule has 2 N–H and O–H groups in total. The molecule has 0 spiro atoms. The number of rotatable bonds is 3. The number of ether oxygens (including phenoxy) is 1. The van der Waals surface area contributed by atoms with Gasteiger partial charge < -0.3 is 10.5 Å². The Hall–Kier alpha value is -1.08. The van der Waals surface area contributed by atoms with Crippen LogP contribution in [0.25, 0.3) is 11.4 Å². The van der Waals surface area contributed by atoms with Crippen molar-refractivity contribution >= 4 is 40.0 Å². The van der Waals surface area contributed by atoms with Crippen LogP contribution < -0.4 is 10.5 Å². The summed E-state index contributed by atoms with van der Waals surface area (Å²) in [5.41, 5.74) is 7.74. The summed E-state index contributed by atoms with van der Waals surface area (Å²) in [5, 5.41) is 0.562. The maximum absolute atomic E-state index is 6.28. The van der Waals surface area contributed by atoms with Gasteiger partial charge in [0.2, 0.25) is 0 Å². The minimum atomic E-state index is 0.499. The predicted molar refractivity (Wildman–Crippen MR) is 88.1 cm³/mol. The molecule has 0 saturated heterocycles. The molecular formula is C14H13ClIN3O. The molecule has 0 amide bonds. The lowest BCUT2D eigenvalue weighted by Gasteiger charge is -2.12. The normalized spacial score (nSPS) is 14.3. The molecule has 1 aliphatic carbocycles. The molecule has 4 nitrogen and oxygen atoms in total. The molecule has 20 heavy (non-hydrogen) atoms. The Labute approximate surface area is 135 Å². The second-order valence-electron chi connectivity index (χ2n) is 4.72. The molecule has 0 bridgehead atoms. The van der Waals surface area contributed by atoms with Crippen molar-refractivity contribution in [1.29, 1.82) is 0 Å². The molecule has 1 saturated carbocycles. The summed E-state index contributed by atoms with van der Waals surface area (Å²) in [5.74, 6) is 2.19. The molecule has 6 heteroatoms. The van der Waals surface area contributed by atoms with E-state index in [1.807, 2.05) is 12.1 Å². The number of methoxy groups -OCH3 is 1. The quantitative estimate of drug-likeness (QED) is 0.793. The Morgan fingerprint density at radius 2 is 2.10 bits per heavy atom. The molecule has 2 aromatic rings. The van der Waals surface area contributed by atoms with E-state index in [1.165, 1.54) is 0 Å². The van der Waals surface area contributed by atoms with Crippen molar-refractivity contribution in [3.05, 3.63) is 32.5 Å². The maximum Gasteiger partial charge on any atom is 0.167 e. The van der Waals surface area contributed by atoms with Gasteiger partial charge >= 0.3 is 0 Å². The molecule has 0 aliphatic heterocycles. The minimum absolute atomic E-state index is 0.499. The first kappa shape index (κ1) is 13.9. The molecule has 1 heterocycles. The van der Waals surface area contributed by atoms with Gasteiger partial charge in [-0.25, -0.2) is 9.97 Å². The monoisotopic (exact) mass is 401 g/mol. The third-order valence-electron chi connectivity index (χ3n) is 3.29. The van der Waals surface area contributed by atoms with E-state index in [4.69, 9.17) is 22.1 Å². The minimum Gasteiger partial charge on any atom is -0.496 e. The van der Waals surface area contributed by atoms with Crippen LogP contribution >= 0.6 is 34.2 Å². The first-order valence-electron chi connectivity index (χ1n) is 6.27. The molecule has 1 aromatic carbocycles. The van der Waals surface area contributed by atoms with Crippen molar-refractivity contribution in [3.8, 4) is 17.1 Å². The van der Waals surface area contributed by atoms with E-state index in [-0.39, 0.29) is 0 Å². The van der Waals surface area contributed by atoms with E-state index < -0.39 is 0 Å². The Morgan fingerprint density at radius 1 is 1.35 bits per heavy atom. The fourth-order valence-electron chi connectivity index (χ4n) is 2.11. The molecular weight excluding hydrogens is 389 g/mol. The van der Waals surface area contributed by atoms with Crippen molar-refractivity contribution < 1.29 is 4.74 Å². The van der Waals surface area contributed by atoms with Crippen molar-refractivity contribution in [2.45, 2.75) is 18.8 Å². The van der Waals surface area contributed by atoms with Crippen LogP contribution in [0, 0.1) is 3.57 Å².